The van der Waals surface area contributed by atoms with Gasteiger partial charge in [-0.25, -0.2) is 4.79 Å². The van der Waals surface area contributed by atoms with E-state index in [4.69, 9.17) is 0 Å². The standard InChI is InChI=1S/C15H20N2O4/c1-10-6-8-15(9-7-10,14(20)21)16-13(19)11-4-3-5-12(18)17(11)2/h3-5,10H,6-9H2,1-2H3,(H,16,19)(H,20,21). The third kappa shape index (κ3) is 2.99. The molecule has 1 saturated carbocycles. The van der Waals surface area contributed by atoms with Gasteiger partial charge in [0.2, 0.25) is 0 Å². The highest BCUT2D eigenvalue weighted by Crippen LogP contribution is 2.32. The topological polar surface area (TPSA) is 88.4 Å². The predicted octanol–water partition coefficient (Wildman–Crippen LogP) is 1.15. The summed E-state index contributed by atoms with van der Waals surface area (Å²) < 4.78 is 1.22. The minimum atomic E-state index is -1.23. The lowest BCUT2D eigenvalue weighted by atomic mass is 9.77. The molecule has 1 amide bonds. The second-order valence-corrected chi connectivity index (χ2v) is 5.83. The van der Waals surface area contributed by atoms with Crippen molar-refractivity contribution in [1.29, 1.82) is 0 Å². The van der Waals surface area contributed by atoms with E-state index in [0.717, 1.165) is 12.8 Å². The molecule has 1 aromatic rings. The first kappa shape index (κ1) is 15.3. The molecule has 0 unspecified atom stereocenters. The normalized spacial score (nSPS) is 25.3. The molecule has 6 nitrogen and oxygen atoms in total. The fourth-order valence-corrected chi connectivity index (χ4v) is 2.72. The number of carboxylic acids is 1. The van der Waals surface area contributed by atoms with E-state index >= 15 is 0 Å². The quantitative estimate of drug-likeness (QED) is 0.874. The van der Waals surface area contributed by atoms with Gasteiger partial charge in [-0.3, -0.25) is 9.59 Å². The molecular formula is C15H20N2O4. The van der Waals surface area contributed by atoms with Crippen molar-refractivity contribution in [3.63, 3.8) is 0 Å². The number of hydrogen-bond acceptors (Lipinski definition) is 3. The molecule has 2 N–H and O–H groups in total. The first-order valence-electron chi connectivity index (χ1n) is 7.08. The van der Waals surface area contributed by atoms with Crippen LogP contribution >= 0.6 is 0 Å². The van der Waals surface area contributed by atoms with Gasteiger partial charge in [-0.2, -0.15) is 0 Å². The fourth-order valence-electron chi connectivity index (χ4n) is 2.72. The van der Waals surface area contributed by atoms with Gasteiger partial charge in [0, 0.05) is 13.1 Å². The number of nitrogens with zero attached hydrogens (tertiary/aromatic N) is 1. The molecule has 114 valence electrons. The molecule has 1 aliphatic rings. The molecule has 1 fully saturated rings. The Balaban J connectivity index is 2.25. The van der Waals surface area contributed by atoms with Crippen LogP contribution in [0.25, 0.3) is 0 Å². The van der Waals surface area contributed by atoms with Crippen molar-refractivity contribution in [2.45, 2.75) is 38.1 Å². The zero-order valence-corrected chi connectivity index (χ0v) is 12.3. The van der Waals surface area contributed by atoms with Crippen molar-refractivity contribution in [2.75, 3.05) is 0 Å². The summed E-state index contributed by atoms with van der Waals surface area (Å²) in [7, 11) is 1.49. The van der Waals surface area contributed by atoms with Crippen LogP contribution in [0.3, 0.4) is 0 Å². The molecule has 0 bridgehead atoms. The number of hydrogen-bond donors (Lipinski definition) is 2. The highest BCUT2D eigenvalue weighted by Gasteiger charge is 2.42. The van der Waals surface area contributed by atoms with Crippen molar-refractivity contribution < 1.29 is 14.7 Å². The molecule has 0 aromatic carbocycles. The van der Waals surface area contributed by atoms with E-state index in [0.29, 0.717) is 18.8 Å². The molecule has 21 heavy (non-hydrogen) atoms. The lowest BCUT2D eigenvalue weighted by Crippen LogP contribution is -2.56. The number of aliphatic carboxylic acids is 1. The largest absolute Gasteiger partial charge is 0.480 e. The summed E-state index contributed by atoms with van der Waals surface area (Å²) in [5, 5.41) is 12.1. The van der Waals surface area contributed by atoms with Crippen molar-refractivity contribution >= 4 is 11.9 Å². The van der Waals surface area contributed by atoms with Crippen LogP contribution in [0.15, 0.2) is 23.0 Å². The molecule has 1 aliphatic carbocycles. The third-order valence-corrected chi connectivity index (χ3v) is 4.31. The maximum Gasteiger partial charge on any atom is 0.329 e. The maximum absolute atomic E-state index is 12.3. The Kier molecular flexibility index (Phi) is 4.16. The fraction of sp³-hybridized carbons (Fsp3) is 0.533. The van der Waals surface area contributed by atoms with Gasteiger partial charge >= 0.3 is 5.97 Å². The minimum Gasteiger partial charge on any atom is -0.480 e. The van der Waals surface area contributed by atoms with Crippen LogP contribution in [-0.4, -0.2) is 27.1 Å². The number of amides is 1. The molecule has 0 radical (unpaired) electrons. The lowest BCUT2D eigenvalue weighted by molar-refractivity contribution is -0.146. The first-order valence-corrected chi connectivity index (χ1v) is 7.08. The van der Waals surface area contributed by atoms with Crippen LogP contribution in [0.4, 0.5) is 0 Å². The SMILES string of the molecule is CC1CCC(NC(=O)c2cccc(=O)n2C)(C(=O)O)CC1. The van der Waals surface area contributed by atoms with Crippen LogP contribution in [0.5, 0.6) is 0 Å². The molecule has 0 saturated heterocycles. The van der Waals surface area contributed by atoms with E-state index in [1.54, 1.807) is 0 Å². The van der Waals surface area contributed by atoms with Crippen molar-refractivity contribution in [3.05, 3.63) is 34.2 Å². The van der Waals surface area contributed by atoms with Gasteiger partial charge in [-0.1, -0.05) is 13.0 Å². The molecule has 0 aliphatic heterocycles. The van der Waals surface area contributed by atoms with E-state index in [1.807, 2.05) is 0 Å². The smallest absolute Gasteiger partial charge is 0.329 e. The highest BCUT2D eigenvalue weighted by atomic mass is 16.4. The van der Waals surface area contributed by atoms with Crippen molar-refractivity contribution in [3.8, 4) is 0 Å². The number of carboxylic acid groups (broad SMARTS) is 1. The molecular weight excluding hydrogens is 272 g/mol. The molecule has 1 heterocycles. The maximum atomic E-state index is 12.3. The highest BCUT2D eigenvalue weighted by molar-refractivity contribution is 5.96. The summed E-state index contributed by atoms with van der Waals surface area (Å²) in [5.74, 6) is -1.06. The summed E-state index contributed by atoms with van der Waals surface area (Å²) >= 11 is 0. The molecule has 1 aromatic heterocycles. The second-order valence-electron chi connectivity index (χ2n) is 5.83. The summed E-state index contributed by atoms with van der Waals surface area (Å²) in [4.78, 5) is 35.5. The Morgan fingerprint density at radius 3 is 2.52 bits per heavy atom. The summed E-state index contributed by atoms with van der Waals surface area (Å²) in [6.45, 7) is 2.08. The third-order valence-electron chi connectivity index (χ3n) is 4.31. The van der Waals surface area contributed by atoms with E-state index in [1.165, 1.54) is 29.8 Å². The monoisotopic (exact) mass is 292 g/mol. The van der Waals surface area contributed by atoms with Gasteiger partial charge in [0.1, 0.15) is 11.2 Å². The van der Waals surface area contributed by atoms with Crippen LogP contribution in [-0.2, 0) is 11.8 Å². The molecule has 0 spiro atoms. The van der Waals surface area contributed by atoms with Crippen LogP contribution in [0, 0.1) is 5.92 Å². The van der Waals surface area contributed by atoms with E-state index in [2.05, 4.69) is 12.2 Å². The van der Waals surface area contributed by atoms with Gasteiger partial charge in [0.25, 0.3) is 11.5 Å². The number of nitrogens with one attached hydrogen (secondary N) is 1. The average Bonchev–Trinajstić information content (AvgIpc) is 2.44. The molecule has 2 rings (SSSR count). The average molecular weight is 292 g/mol. The van der Waals surface area contributed by atoms with E-state index < -0.39 is 17.4 Å². The van der Waals surface area contributed by atoms with Gasteiger partial charge in [0.15, 0.2) is 0 Å². The van der Waals surface area contributed by atoms with Crippen LogP contribution in [0.2, 0.25) is 0 Å². The molecule has 6 heteroatoms. The number of carbonyl (C=O) groups is 2. The Morgan fingerprint density at radius 1 is 1.33 bits per heavy atom. The van der Waals surface area contributed by atoms with Crippen molar-refractivity contribution in [1.82, 2.24) is 9.88 Å². The Labute approximate surface area is 122 Å². The van der Waals surface area contributed by atoms with Gasteiger partial charge in [0.05, 0.1) is 0 Å². The predicted molar refractivity (Wildman–Crippen MR) is 77.1 cm³/mol. The first-order chi connectivity index (χ1) is 9.85. The summed E-state index contributed by atoms with van der Waals surface area (Å²) in [5.41, 5.74) is -1.36. The van der Waals surface area contributed by atoms with E-state index in [9.17, 15) is 19.5 Å². The van der Waals surface area contributed by atoms with Crippen molar-refractivity contribution in [2.24, 2.45) is 13.0 Å². The Bertz CT molecular complexity index is 612. The van der Waals surface area contributed by atoms with Gasteiger partial charge in [-0.15, -0.1) is 0 Å². The zero-order chi connectivity index (χ0) is 15.6. The van der Waals surface area contributed by atoms with Gasteiger partial charge < -0.3 is 15.0 Å². The molecule has 0 atom stereocenters. The minimum absolute atomic E-state index is 0.168. The zero-order valence-electron chi connectivity index (χ0n) is 12.3. The van der Waals surface area contributed by atoms with Crippen LogP contribution in [0.1, 0.15) is 43.1 Å². The van der Waals surface area contributed by atoms with Crippen LogP contribution < -0.4 is 10.9 Å². The Morgan fingerprint density at radius 2 is 1.95 bits per heavy atom. The number of rotatable bonds is 3. The number of aromatic nitrogens is 1. The number of carbonyl (C=O) groups excluding carboxylic acids is 1. The Hall–Kier alpha value is -2.11. The number of pyridine rings is 1. The summed E-state index contributed by atoms with van der Waals surface area (Å²) in [6.07, 6.45) is 2.35. The second kappa shape index (κ2) is 5.71. The van der Waals surface area contributed by atoms with Gasteiger partial charge in [-0.05, 0) is 37.7 Å². The van der Waals surface area contributed by atoms with E-state index in [-0.39, 0.29) is 11.3 Å². The summed E-state index contributed by atoms with van der Waals surface area (Å²) in [6, 6.07) is 4.36. The lowest BCUT2D eigenvalue weighted by Gasteiger charge is -2.36.